The van der Waals surface area contributed by atoms with Gasteiger partial charge in [-0.25, -0.2) is 0 Å². The van der Waals surface area contributed by atoms with E-state index in [4.69, 9.17) is 0 Å². The molecule has 7 rings (SSSR count). The maximum absolute atomic E-state index is 2.48. The number of hydrogen-bond donors (Lipinski definition) is 0. The first kappa shape index (κ1) is 25.5. The third-order valence-corrected chi connectivity index (χ3v) is 10.1. The molecule has 0 fully saturated rings. The molecule has 186 valence electrons. The predicted molar refractivity (Wildman–Crippen MR) is 191 cm³/mol. The summed E-state index contributed by atoms with van der Waals surface area (Å²) in [6, 6.07) is 46.8. The van der Waals surface area contributed by atoms with Gasteiger partial charge in [0.2, 0.25) is 0 Å². The standard InChI is InChI=1S/C36H21I3/c37-34-19-31(25-10-4-1-7-13-28(25)34)22-16-23(32-20-35(38)29-14-8-2-5-11-26(29)32)18-24(17-22)33-21-36(39)30-15-9-3-6-12-27(30)33/h1-21H. The van der Waals surface area contributed by atoms with Gasteiger partial charge in [-0.1, -0.05) is 91.0 Å². The van der Waals surface area contributed by atoms with Crippen LogP contribution in [0, 0.1) is 10.7 Å². The molecule has 0 saturated carbocycles. The van der Waals surface area contributed by atoms with E-state index in [2.05, 4.69) is 195 Å². The molecule has 1 aromatic carbocycles. The Hall–Kier alpha value is -2.49. The second-order valence-corrected chi connectivity index (χ2v) is 13.2. The SMILES string of the molecule is Ic1cc(-c2cc(-c3cc(I)c4cccccc3-4)cc(-c3cc(I)c4cccccc3-4)c2)c2cccccc1-2. The Morgan fingerprint density at radius 1 is 0.256 bits per heavy atom. The molecule has 0 unspecified atom stereocenters. The molecule has 39 heavy (non-hydrogen) atoms. The van der Waals surface area contributed by atoms with E-state index >= 15 is 0 Å². The highest BCUT2D eigenvalue weighted by Gasteiger charge is 2.21. The molecule has 6 aliphatic carbocycles. The first-order chi connectivity index (χ1) is 19.1. The van der Waals surface area contributed by atoms with Crippen LogP contribution < -0.4 is 0 Å². The van der Waals surface area contributed by atoms with Crippen molar-refractivity contribution in [3.8, 4) is 66.8 Å². The van der Waals surface area contributed by atoms with Crippen LogP contribution in [0.25, 0.3) is 66.8 Å². The fourth-order valence-electron chi connectivity index (χ4n) is 5.63. The number of hydrogen-bond acceptors (Lipinski definition) is 0. The van der Waals surface area contributed by atoms with Gasteiger partial charge in [0.05, 0.1) is 0 Å². The van der Waals surface area contributed by atoms with Gasteiger partial charge in [0.1, 0.15) is 0 Å². The van der Waals surface area contributed by atoms with Crippen molar-refractivity contribution in [1.29, 1.82) is 0 Å². The lowest BCUT2D eigenvalue weighted by molar-refractivity contribution is 1.62. The minimum Gasteiger partial charge on any atom is -0.0622 e. The molecule has 0 bridgehead atoms. The molecule has 1 aromatic rings. The third-order valence-electron chi connectivity index (χ3n) is 7.44. The van der Waals surface area contributed by atoms with E-state index in [9.17, 15) is 0 Å². The lowest BCUT2D eigenvalue weighted by Gasteiger charge is -2.12. The van der Waals surface area contributed by atoms with Crippen molar-refractivity contribution in [3.63, 3.8) is 0 Å². The predicted octanol–water partition coefficient (Wildman–Crippen LogP) is 11.8. The largest absolute Gasteiger partial charge is 0.0622 e. The van der Waals surface area contributed by atoms with E-state index in [1.54, 1.807) is 0 Å². The number of halogens is 3. The minimum absolute atomic E-state index is 1.25. The summed E-state index contributed by atoms with van der Waals surface area (Å²) in [7, 11) is 0. The maximum atomic E-state index is 2.48. The molecule has 0 aliphatic heterocycles. The van der Waals surface area contributed by atoms with Crippen molar-refractivity contribution >= 4 is 67.8 Å². The fraction of sp³-hybridized carbons (Fsp3) is 0. The molecule has 0 N–H and O–H groups in total. The zero-order valence-electron chi connectivity index (χ0n) is 20.8. The van der Waals surface area contributed by atoms with Crippen molar-refractivity contribution in [2.24, 2.45) is 0 Å². The van der Waals surface area contributed by atoms with Gasteiger partial charge >= 0.3 is 0 Å². The lowest BCUT2D eigenvalue weighted by Crippen LogP contribution is -1.86. The summed E-state index contributed by atoms with van der Waals surface area (Å²) in [5.74, 6) is 0. The van der Waals surface area contributed by atoms with Gasteiger partial charge in [-0.2, -0.15) is 0 Å². The second-order valence-electron chi connectivity index (χ2n) is 9.73. The molecule has 0 heterocycles. The normalized spacial score (nSPS) is 11.5. The Morgan fingerprint density at radius 2 is 0.513 bits per heavy atom. The van der Waals surface area contributed by atoms with Crippen LogP contribution in [0.4, 0.5) is 0 Å². The van der Waals surface area contributed by atoms with Crippen LogP contribution in [0.3, 0.4) is 0 Å². The smallest absolute Gasteiger partial charge is 0.0215 e. The summed E-state index contributed by atoms with van der Waals surface area (Å²) < 4.78 is 3.84. The van der Waals surface area contributed by atoms with Gasteiger partial charge in [-0.3, -0.25) is 0 Å². The van der Waals surface area contributed by atoms with Gasteiger partial charge in [0.25, 0.3) is 0 Å². The van der Waals surface area contributed by atoms with E-state index in [-0.39, 0.29) is 0 Å². The average Bonchev–Trinajstić information content (AvgIpc) is 3.27. The number of rotatable bonds is 3. The van der Waals surface area contributed by atoms with E-state index in [1.807, 2.05) is 0 Å². The Balaban J connectivity index is 1.53. The highest BCUT2D eigenvalue weighted by Crippen LogP contribution is 2.47. The Morgan fingerprint density at radius 3 is 0.795 bits per heavy atom. The van der Waals surface area contributed by atoms with Gasteiger partial charge in [0.15, 0.2) is 0 Å². The summed E-state index contributed by atoms with van der Waals surface area (Å²) in [6.45, 7) is 0. The van der Waals surface area contributed by atoms with Crippen molar-refractivity contribution in [3.05, 3.63) is 138 Å². The number of benzene rings is 1. The quantitative estimate of drug-likeness (QED) is 0.156. The van der Waals surface area contributed by atoms with Crippen LogP contribution in [-0.2, 0) is 0 Å². The van der Waals surface area contributed by atoms with Crippen LogP contribution in [0.15, 0.2) is 127 Å². The van der Waals surface area contributed by atoms with Gasteiger partial charge < -0.3 is 0 Å². The zero-order valence-corrected chi connectivity index (χ0v) is 27.2. The van der Waals surface area contributed by atoms with E-state index < -0.39 is 0 Å². The molecule has 0 spiro atoms. The summed E-state index contributed by atoms with van der Waals surface area (Å²) in [6.07, 6.45) is 0. The molecule has 0 aromatic heterocycles. The number of fused-ring (bicyclic) bond motifs is 3. The first-order valence-corrected chi connectivity index (χ1v) is 16.0. The molecule has 0 atom stereocenters. The van der Waals surface area contributed by atoms with E-state index in [1.165, 1.54) is 77.5 Å². The third kappa shape index (κ3) is 4.56. The van der Waals surface area contributed by atoms with Crippen LogP contribution in [0.2, 0.25) is 0 Å². The van der Waals surface area contributed by atoms with Crippen molar-refractivity contribution in [1.82, 2.24) is 0 Å². The van der Waals surface area contributed by atoms with Crippen molar-refractivity contribution < 1.29 is 0 Å². The van der Waals surface area contributed by atoms with Crippen LogP contribution in [0.5, 0.6) is 0 Å². The Kier molecular flexibility index (Phi) is 6.85. The molecule has 6 aliphatic rings. The van der Waals surface area contributed by atoms with Gasteiger partial charge in [-0.15, -0.1) is 0 Å². The zero-order chi connectivity index (χ0) is 26.5. The summed E-state index contributed by atoms with van der Waals surface area (Å²) in [4.78, 5) is 0. The maximum Gasteiger partial charge on any atom is 0.0215 e. The molecular weight excluding hydrogens is 813 g/mol. The van der Waals surface area contributed by atoms with Crippen LogP contribution >= 0.6 is 67.8 Å². The minimum atomic E-state index is 1.25. The lowest BCUT2D eigenvalue weighted by atomic mass is 9.91. The highest BCUT2D eigenvalue weighted by molar-refractivity contribution is 14.1. The molecule has 0 saturated heterocycles. The monoisotopic (exact) mass is 834 g/mol. The molecular formula is C36H21I3. The van der Waals surface area contributed by atoms with Crippen molar-refractivity contribution in [2.75, 3.05) is 0 Å². The molecule has 0 amide bonds. The second kappa shape index (κ2) is 10.5. The fourth-order valence-corrected chi connectivity index (χ4v) is 7.97. The first-order valence-electron chi connectivity index (χ1n) is 12.8. The Bertz CT molecular complexity index is 1670. The van der Waals surface area contributed by atoms with E-state index in [0.29, 0.717) is 0 Å². The topological polar surface area (TPSA) is 0 Å². The molecule has 3 heteroatoms. The highest BCUT2D eigenvalue weighted by atomic mass is 127. The summed E-state index contributed by atoms with van der Waals surface area (Å²) in [5.41, 5.74) is 15.3. The molecule has 0 nitrogen and oxygen atoms in total. The average molecular weight is 834 g/mol. The van der Waals surface area contributed by atoms with Crippen LogP contribution in [0.1, 0.15) is 0 Å². The van der Waals surface area contributed by atoms with Gasteiger partial charge in [0, 0.05) is 10.7 Å². The summed E-state index contributed by atoms with van der Waals surface area (Å²) >= 11 is 7.44. The van der Waals surface area contributed by atoms with E-state index in [0.717, 1.165) is 0 Å². The Labute approximate surface area is 269 Å². The summed E-state index contributed by atoms with van der Waals surface area (Å²) in [5, 5.41) is 0. The van der Waals surface area contributed by atoms with Crippen LogP contribution in [-0.4, -0.2) is 0 Å². The van der Waals surface area contributed by atoms with Crippen molar-refractivity contribution in [2.45, 2.75) is 0 Å². The van der Waals surface area contributed by atoms with Gasteiger partial charge in [-0.05, 0) is 171 Å². The molecule has 0 radical (unpaired) electrons.